The molecule has 1 aliphatic carbocycles. The summed E-state index contributed by atoms with van der Waals surface area (Å²) in [6.07, 6.45) is 2.74. The number of amides is 2. The molecule has 2 fully saturated rings. The third kappa shape index (κ3) is 3.60. The van der Waals surface area contributed by atoms with Crippen LogP contribution < -0.4 is 5.32 Å². The molecule has 2 aliphatic rings. The fourth-order valence-electron chi connectivity index (χ4n) is 2.14. The number of carbonyl (C=O) groups excluding carboxylic acids is 1. The molecule has 0 aromatic heterocycles. The fourth-order valence-corrected chi connectivity index (χ4v) is 2.14. The molecule has 2 amide bonds. The van der Waals surface area contributed by atoms with Gasteiger partial charge in [-0.25, -0.2) is 9.59 Å². The molecule has 6 heteroatoms. The van der Waals surface area contributed by atoms with Gasteiger partial charge in [-0.2, -0.15) is 0 Å². The number of nitrogens with one attached hydrogen (secondary N) is 1. The highest BCUT2D eigenvalue weighted by Gasteiger charge is 2.31. The summed E-state index contributed by atoms with van der Waals surface area (Å²) in [6, 6.07) is -0.107. The third-order valence-electron chi connectivity index (χ3n) is 3.44. The highest BCUT2D eigenvalue weighted by atomic mass is 16.5. The van der Waals surface area contributed by atoms with Gasteiger partial charge in [0.25, 0.3) is 0 Å². The number of carboxylic acids is 1. The van der Waals surface area contributed by atoms with E-state index in [0.29, 0.717) is 25.3 Å². The summed E-state index contributed by atoms with van der Waals surface area (Å²) in [5.41, 5.74) is 0. The van der Waals surface area contributed by atoms with E-state index in [4.69, 9.17) is 9.84 Å². The summed E-state index contributed by atoms with van der Waals surface area (Å²) < 4.78 is 5.31. The maximum atomic E-state index is 11.7. The van der Waals surface area contributed by atoms with Crippen LogP contribution in [0.2, 0.25) is 0 Å². The summed E-state index contributed by atoms with van der Waals surface area (Å²) in [5.74, 6) is -0.255. The largest absolute Gasteiger partial charge is 0.479 e. The van der Waals surface area contributed by atoms with E-state index in [-0.39, 0.29) is 12.1 Å². The van der Waals surface area contributed by atoms with E-state index in [1.165, 1.54) is 12.8 Å². The first-order chi connectivity index (χ1) is 8.56. The molecule has 2 rings (SSSR count). The molecule has 0 bridgehead atoms. The van der Waals surface area contributed by atoms with Crippen LogP contribution in [0, 0.1) is 5.92 Å². The van der Waals surface area contributed by atoms with E-state index < -0.39 is 12.1 Å². The Balaban J connectivity index is 1.65. The lowest BCUT2D eigenvalue weighted by molar-refractivity contribution is -0.149. The van der Waals surface area contributed by atoms with Crippen molar-refractivity contribution in [3.8, 4) is 0 Å². The first kappa shape index (κ1) is 13.1. The molecule has 0 aromatic rings. The van der Waals surface area contributed by atoms with Crippen LogP contribution in [0.15, 0.2) is 0 Å². The van der Waals surface area contributed by atoms with Crippen LogP contribution in [0.5, 0.6) is 0 Å². The minimum absolute atomic E-state index is 0.107. The molecule has 18 heavy (non-hydrogen) atoms. The number of hydrogen-bond acceptors (Lipinski definition) is 3. The topological polar surface area (TPSA) is 78.9 Å². The Morgan fingerprint density at radius 3 is 2.61 bits per heavy atom. The van der Waals surface area contributed by atoms with Crippen molar-refractivity contribution in [2.75, 3.05) is 20.1 Å². The number of aliphatic carboxylic acids is 1. The van der Waals surface area contributed by atoms with E-state index in [9.17, 15) is 9.59 Å². The molecule has 102 valence electrons. The van der Waals surface area contributed by atoms with Crippen LogP contribution in [-0.2, 0) is 9.53 Å². The normalized spacial score (nSPS) is 26.9. The van der Waals surface area contributed by atoms with Crippen molar-refractivity contribution in [3.63, 3.8) is 0 Å². The van der Waals surface area contributed by atoms with Crippen molar-refractivity contribution in [2.24, 2.45) is 5.92 Å². The van der Waals surface area contributed by atoms with Gasteiger partial charge in [-0.1, -0.05) is 0 Å². The molecule has 2 unspecified atom stereocenters. The predicted octanol–water partition coefficient (Wildman–Crippen LogP) is 0.670. The van der Waals surface area contributed by atoms with Crippen LogP contribution >= 0.6 is 0 Å². The van der Waals surface area contributed by atoms with E-state index in [1.54, 1.807) is 11.9 Å². The average molecular weight is 256 g/mol. The second kappa shape index (κ2) is 5.56. The fraction of sp³-hybridized carbons (Fsp3) is 0.833. The number of hydrogen-bond donors (Lipinski definition) is 2. The maximum Gasteiger partial charge on any atom is 0.332 e. The number of carboxylic acid groups (broad SMARTS) is 1. The lowest BCUT2D eigenvalue weighted by atomic mass is 10.2. The number of nitrogens with zero attached hydrogens (tertiary/aromatic N) is 1. The minimum Gasteiger partial charge on any atom is -0.479 e. The van der Waals surface area contributed by atoms with Gasteiger partial charge in [0.05, 0.1) is 6.10 Å². The molecular formula is C12H20N2O4. The third-order valence-corrected chi connectivity index (χ3v) is 3.44. The Bertz CT molecular complexity index is 330. The van der Waals surface area contributed by atoms with Gasteiger partial charge in [-0.3, -0.25) is 0 Å². The molecule has 2 atom stereocenters. The van der Waals surface area contributed by atoms with Crippen LogP contribution in [0.3, 0.4) is 0 Å². The zero-order valence-corrected chi connectivity index (χ0v) is 10.6. The quantitative estimate of drug-likeness (QED) is 0.757. The first-order valence-electron chi connectivity index (χ1n) is 6.43. The van der Waals surface area contributed by atoms with E-state index >= 15 is 0 Å². The maximum absolute atomic E-state index is 11.7. The van der Waals surface area contributed by atoms with Gasteiger partial charge in [-0.05, 0) is 31.6 Å². The van der Waals surface area contributed by atoms with Crippen molar-refractivity contribution in [1.29, 1.82) is 0 Å². The lowest BCUT2D eigenvalue weighted by Gasteiger charge is -2.19. The van der Waals surface area contributed by atoms with Crippen molar-refractivity contribution < 1.29 is 19.4 Å². The summed E-state index contributed by atoms with van der Waals surface area (Å²) in [6.45, 7) is 1.19. The van der Waals surface area contributed by atoms with Gasteiger partial charge < -0.3 is 20.1 Å². The van der Waals surface area contributed by atoms with Crippen LogP contribution in [-0.4, -0.2) is 54.4 Å². The number of rotatable bonds is 5. The molecule has 0 spiro atoms. The molecule has 1 aliphatic heterocycles. The molecule has 1 saturated carbocycles. The Morgan fingerprint density at radius 2 is 2.06 bits per heavy atom. The molecule has 1 heterocycles. The van der Waals surface area contributed by atoms with Crippen molar-refractivity contribution in [2.45, 2.75) is 37.9 Å². The van der Waals surface area contributed by atoms with Gasteiger partial charge in [0.15, 0.2) is 6.10 Å². The Labute approximate surface area is 106 Å². The van der Waals surface area contributed by atoms with Gasteiger partial charge in [0.2, 0.25) is 0 Å². The van der Waals surface area contributed by atoms with Crippen molar-refractivity contribution in [3.05, 3.63) is 0 Å². The van der Waals surface area contributed by atoms with Crippen LogP contribution in [0.4, 0.5) is 4.79 Å². The zero-order valence-electron chi connectivity index (χ0n) is 10.6. The Kier molecular flexibility index (Phi) is 4.06. The number of carbonyl (C=O) groups is 2. The van der Waals surface area contributed by atoms with Crippen molar-refractivity contribution in [1.82, 2.24) is 10.2 Å². The Hall–Kier alpha value is -1.30. The molecule has 2 N–H and O–H groups in total. The van der Waals surface area contributed by atoms with Crippen molar-refractivity contribution >= 4 is 12.0 Å². The van der Waals surface area contributed by atoms with E-state index in [1.807, 2.05) is 0 Å². The molecule has 6 nitrogen and oxygen atoms in total. The smallest absolute Gasteiger partial charge is 0.332 e. The molecule has 1 saturated heterocycles. The van der Waals surface area contributed by atoms with Gasteiger partial charge >= 0.3 is 12.0 Å². The summed E-state index contributed by atoms with van der Waals surface area (Å²) >= 11 is 0. The summed E-state index contributed by atoms with van der Waals surface area (Å²) in [7, 11) is 1.78. The Morgan fingerprint density at radius 1 is 1.33 bits per heavy atom. The molecule has 0 radical (unpaired) electrons. The van der Waals surface area contributed by atoms with E-state index in [2.05, 4.69) is 5.32 Å². The van der Waals surface area contributed by atoms with Gasteiger partial charge in [-0.15, -0.1) is 0 Å². The summed E-state index contributed by atoms with van der Waals surface area (Å²) in [4.78, 5) is 24.1. The number of ether oxygens (including phenoxy) is 1. The monoisotopic (exact) mass is 256 g/mol. The lowest BCUT2D eigenvalue weighted by Crippen LogP contribution is -2.41. The number of urea groups is 1. The molecular weight excluding hydrogens is 236 g/mol. The second-order valence-corrected chi connectivity index (χ2v) is 5.17. The van der Waals surface area contributed by atoms with Crippen LogP contribution in [0.25, 0.3) is 0 Å². The zero-order chi connectivity index (χ0) is 13.1. The first-order valence-corrected chi connectivity index (χ1v) is 6.43. The predicted molar refractivity (Wildman–Crippen MR) is 64.3 cm³/mol. The average Bonchev–Trinajstić information content (AvgIpc) is 3.00. The second-order valence-electron chi connectivity index (χ2n) is 5.17. The van der Waals surface area contributed by atoms with Gasteiger partial charge in [0.1, 0.15) is 0 Å². The van der Waals surface area contributed by atoms with Gasteiger partial charge in [0, 0.05) is 20.1 Å². The SMILES string of the molecule is CN(CC1CC1)C(=O)NCC1CCC(C(=O)O)O1. The van der Waals surface area contributed by atoms with E-state index in [0.717, 1.165) is 6.54 Å². The standard InChI is InChI=1S/C12H20N2O4/c1-14(7-8-2-3-8)12(17)13-6-9-4-5-10(18-9)11(15)16/h8-10H,2-7H2,1H3,(H,13,17)(H,15,16). The highest BCUT2D eigenvalue weighted by molar-refractivity contribution is 5.74. The van der Waals surface area contributed by atoms with Crippen LogP contribution in [0.1, 0.15) is 25.7 Å². The summed E-state index contributed by atoms with van der Waals surface area (Å²) in [5, 5.41) is 11.6. The minimum atomic E-state index is -0.922. The highest BCUT2D eigenvalue weighted by Crippen LogP contribution is 2.29. The molecule has 0 aromatic carbocycles.